The lowest BCUT2D eigenvalue weighted by atomic mass is 9.82. The average molecular weight is 709 g/mol. The van der Waals surface area contributed by atoms with Crippen LogP contribution in [0.5, 0.6) is 5.75 Å². The van der Waals surface area contributed by atoms with E-state index in [9.17, 15) is 10.2 Å². The first-order valence-corrected chi connectivity index (χ1v) is 17.8. The molecule has 51 heavy (non-hydrogen) atoms. The van der Waals surface area contributed by atoms with Crippen LogP contribution < -0.4 is 4.74 Å². The summed E-state index contributed by atoms with van der Waals surface area (Å²) in [5, 5.41) is 22.7. The SMILES string of the molecule is CCOc1ccc(Cc2cc([C@@H]3OC(CO)(CO)[C@H](OCc4ccccc4)[C@H](OCc4ccccc4)[C@H]3OCc3ccccc3)ccc2Cl)cc1. The van der Waals surface area contributed by atoms with Gasteiger partial charge in [-0.2, -0.15) is 0 Å². The van der Waals surface area contributed by atoms with Gasteiger partial charge in [-0.25, -0.2) is 0 Å². The molecule has 0 radical (unpaired) electrons. The molecular formula is C43H45ClO7. The highest BCUT2D eigenvalue weighted by Gasteiger charge is 2.57. The van der Waals surface area contributed by atoms with E-state index in [2.05, 4.69) is 0 Å². The van der Waals surface area contributed by atoms with E-state index in [0.717, 1.165) is 39.1 Å². The van der Waals surface area contributed by atoms with Gasteiger partial charge in [0.1, 0.15) is 35.8 Å². The van der Waals surface area contributed by atoms with Gasteiger partial charge in [-0.1, -0.05) is 127 Å². The van der Waals surface area contributed by atoms with Crippen molar-refractivity contribution < 1.29 is 33.9 Å². The fraction of sp³-hybridized carbons (Fsp3) is 0.302. The lowest BCUT2D eigenvalue weighted by Crippen LogP contribution is -2.66. The first-order valence-electron chi connectivity index (χ1n) is 17.4. The average Bonchev–Trinajstić information content (AvgIpc) is 3.18. The van der Waals surface area contributed by atoms with Gasteiger partial charge in [0.2, 0.25) is 0 Å². The van der Waals surface area contributed by atoms with E-state index in [4.69, 9.17) is 35.3 Å². The van der Waals surface area contributed by atoms with Gasteiger partial charge in [0.15, 0.2) is 0 Å². The number of hydrogen-bond acceptors (Lipinski definition) is 7. The van der Waals surface area contributed by atoms with Gasteiger partial charge in [0.05, 0.1) is 39.6 Å². The second-order valence-electron chi connectivity index (χ2n) is 12.8. The van der Waals surface area contributed by atoms with Crippen LogP contribution in [-0.4, -0.2) is 53.9 Å². The Balaban J connectivity index is 1.39. The zero-order valence-electron chi connectivity index (χ0n) is 28.8. The fourth-order valence-electron chi connectivity index (χ4n) is 6.50. The van der Waals surface area contributed by atoms with E-state index in [1.165, 1.54) is 0 Å². The van der Waals surface area contributed by atoms with E-state index in [0.29, 0.717) is 18.1 Å². The Labute approximate surface area is 305 Å². The smallest absolute Gasteiger partial charge is 0.144 e. The molecule has 1 saturated heterocycles. The normalized spacial score (nSPS) is 19.8. The van der Waals surface area contributed by atoms with Crippen LogP contribution in [0.3, 0.4) is 0 Å². The maximum atomic E-state index is 11.0. The van der Waals surface area contributed by atoms with Crippen LogP contribution in [0.15, 0.2) is 133 Å². The third kappa shape index (κ3) is 9.25. The number of ether oxygens (including phenoxy) is 5. The third-order valence-electron chi connectivity index (χ3n) is 9.21. The summed E-state index contributed by atoms with van der Waals surface area (Å²) in [7, 11) is 0. The van der Waals surface area contributed by atoms with Crippen molar-refractivity contribution >= 4 is 11.6 Å². The molecule has 8 heteroatoms. The van der Waals surface area contributed by atoms with Crippen LogP contribution >= 0.6 is 11.6 Å². The summed E-state index contributed by atoms with van der Waals surface area (Å²) in [6.07, 6.45) is -2.56. The standard InChI is InChI=1S/C43H45ClO7/c1-2-47-37-21-18-31(19-22-37)24-36-25-35(20-23-38(36)44)39-40(48-26-32-12-6-3-7-13-32)41(49-27-33-14-8-4-9-15-33)42(43(29-45,30-46)51-39)50-28-34-16-10-5-11-17-34/h3-23,25,39-42,45-46H,2,24,26-30H2,1H3/t39-,40-,41+,42+/m0/s1. The largest absolute Gasteiger partial charge is 0.494 e. The molecule has 0 aliphatic carbocycles. The van der Waals surface area contributed by atoms with Gasteiger partial charge < -0.3 is 33.9 Å². The molecule has 0 saturated carbocycles. The first kappa shape index (κ1) is 36.7. The van der Waals surface area contributed by atoms with Gasteiger partial charge in [0.25, 0.3) is 0 Å². The van der Waals surface area contributed by atoms with E-state index in [1.807, 2.05) is 140 Å². The maximum absolute atomic E-state index is 11.0. The van der Waals surface area contributed by atoms with Crippen molar-refractivity contribution in [3.8, 4) is 5.75 Å². The molecule has 0 unspecified atom stereocenters. The van der Waals surface area contributed by atoms with Crippen LogP contribution in [0, 0.1) is 0 Å². The van der Waals surface area contributed by atoms with Gasteiger partial charge in [0, 0.05) is 5.02 Å². The topological polar surface area (TPSA) is 86.6 Å². The minimum atomic E-state index is -1.53. The van der Waals surface area contributed by atoms with Gasteiger partial charge >= 0.3 is 0 Å². The monoisotopic (exact) mass is 708 g/mol. The summed E-state index contributed by atoms with van der Waals surface area (Å²) < 4.78 is 32.6. The first-order chi connectivity index (χ1) is 25.0. The highest BCUT2D eigenvalue weighted by Crippen LogP contribution is 2.44. The third-order valence-corrected chi connectivity index (χ3v) is 9.57. The summed E-state index contributed by atoms with van der Waals surface area (Å²) in [6.45, 7) is 2.28. The van der Waals surface area contributed by atoms with Crippen molar-refractivity contribution in [3.05, 3.63) is 172 Å². The predicted octanol–water partition coefficient (Wildman–Crippen LogP) is 7.88. The summed E-state index contributed by atoms with van der Waals surface area (Å²) in [6, 6.07) is 43.3. The molecule has 2 N–H and O–H groups in total. The highest BCUT2D eigenvalue weighted by molar-refractivity contribution is 6.31. The predicted molar refractivity (Wildman–Crippen MR) is 198 cm³/mol. The number of rotatable bonds is 16. The number of aliphatic hydroxyl groups excluding tert-OH is 2. The van der Waals surface area contributed by atoms with E-state index in [1.54, 1.807) is 0 Å². The van der Waals surface area contributed by atoms with Crippen molar-refractivity contribution in [3.63, 3.8) is 0 Å². The van der Waals surface area contributed by atoms with Gasteiger partial charge in [-0.05, 0) is 64.9 Å². The Kier molecular flexibility index (Phi) is 12.9. The molecule has 0 spiro atoms. The minimum absolute atomic E-state index is 0.213. The van der Waals surface area contributed by atoms with Crippen LogP contribution in [0.1, 0.15) is 46.4 Å². The van der Waals surface area contributed by atoms with Crippen molar-refractivity contribution in [1.29, 1.82) is 0 Å². The molecule has 0 bridgehead atoms. The van der Waals surface area contributed by atoms with Crippen molar-refractivity contribution in [2.75, 3.05) is 19.8 Å². The molecule has 1 fully saturated rings. The Morgan fingerprint density at radius 3 is 1.69 bits per heavy atom. The van der Waals surface area contributed by atoms with Gasteiger partial charge in [-0.3, -0.25) is 0 Å². The molecule has 4 atom stereocenters. The summed E-state index contributed by atoms with van der Waals surface area (Å²) >= 11 is 6.80. The van der Waals surface area contributed by atoms with Crippen LogP contribution in [0.4, 0.5) is 0 Å². The van der Waals surface area contributed by atoms with E-state index in [-0.39, 0.29) is 19.8 Å². The molecule has 266 valence electrons. The maximum Gasteiger partial charge on any atom is 0.144 e. The molecule has 0 aromatic heterocycles. The minimum Gasteiger partial charge on any atom is -0.494 e. The highest BCUT2D eigenvalue weighted by atomic mass is 35.5. The molecule has 5 aromatic carbocycles. The Hall–Kier alpha value is -4.05. The number of hydrogen-bond donors (Lipinski definition) is 2. The van der Waals surface area contributed by atoms with Crippen molar-refractivity contribution in [2.45, 2.75) is 63.2 Å². The lowest BCUT2D eigenvalue weighted by molar-refractivity contribution is -0.318. The molecule has 0 amide bonds. The summed E-state index contributed by atoms with van der Waals surface area (Å²) in [5.41, 5.74) is 4.09. The number of halogens is 1. The molecule has 7 nitrogen and oxygen atoms in total. The Morgan fingerprint density at radius 2 is 1.16 bits per heavy atom. The fourth-order valence-corrected chi connectivity index (χ4v) is 6.68. The second-order valence-corrected chi connectivity index (χ2v) is 13.2. The molecule has 1 aliphatic heterocycles. The van der Waals surface area contributed by atoms with Crippen molar-refractivity contribution in [2.24, 2.45) is 0 Å². The quantitative estimate of drug-likeness (QED) is 0.108. The van der Waals surface area contributed by atoms with Gasteiger partial charge in [-0.15, -0.1) is 0 Å². The number of aliphatic hydroxyl groups is 2. The van der Waals surface area contributed by atoms with E-state index < -0.39 is 43.2 Å². The van der Waals surface area contributed by atoms with Crippen molar-refractivity contribution in [1.82, 2.24) is 0 Å². The second kappa shape index (κ2) is 17.9. The summed E-state index contributed by atoms with van der Waals surface area (Å²) in [5.74, 6) is 0.810. The molecule has 6 rings (SSSR count). The number of benzene rings is 5. The van der Waals surface area contributed by atoms with Crippen LogP contribution in [-0.2, 0) is 45.2 Å². The summed E-state index contributed by atoms with van der Waals surface area (Å²) in [4.78, 5) is 0. The van der Waals surface area contributed by atoms with E-state index >= 15 is 0 Å². The molecule has 5 aromatic rings. The lowest BCUT2D eigenvalue weighted by Gasteiger charge is -2.52. The molecule has 1 aliphatic rings. The van der Waals surface area contributed by atoms with Crippen LogP contribution in [0.2, 0.25) is 5.02 Å². The molecule has 1 heterocycles. The zero-order chi connectivity index (χ0) is 35.5. The Morgan fingerprint density at radius 1 is 0.627 bits per heavy atom. The van der Waals surface area contributed by atoms with Crippen LogP contribution in [0.25, 0.3) is 0 Å². The molecular weight excluding hydrogens is 664 g/mol. The Bertz CT molecular complexity index is 1770. The zero-order valence-corrected chi connectivity index (χ0v) is 29.5.